The van der Waals surface area contributed by atoms with Crippen molar-refractivity contribution in [1.29, 1.82) is 0 Å². The topological polar surface area (TPSA) is 52.0 Å². The zero-order valence-corrected chi connectivity index (χ0v) is 11.5. The van der Waals surface area contributed by atoms with E-state index in [4.69, 9.17) is 4.74 Å². The molecule has 0 spiro atoms. The van der Waals surface area contributed by atoms with E-state index in [0.29, 0.717) is 6.61 Å². The lowest BCUT2D eigenvalue weighted by Crippen LogP contribution is -2.17. The van der Waals surface area contributed by atoms with Gasteiger partial charge in [-0.1, -0.05) is 24.3 Å². The molecule has 0 fully saturated rings. The highest BCUT2D eigenvalue weighted by atomic mass is 16.5. The van der Waals surface area contributed by atoms with Gasteiger partial charge in [-0.25, -0.2) is 0 Å². The van der Waals surface area contributed by atoms with Gasteiger partial charge < -0.3 is 14.6 Å². The number of aryl methyl sites for hydroxylation is 1. The summed E-state index contributed by atoms with van der Waals surface area (Å²) < 4.78 is 7.24. The first-order chi connectivity index (χ1) is 9.35. The van der Waals surface area contributed by atoms with Crippen molar-refractivity contribution < 1.29 is 4.74 Å². The van der Waals surface area contributed by atoms with E-state index in [1.807, 2.05) is 16.7 Å². The summed E-state index contributed by atoms with van der Waals surface area (Å²) in [6.45, 7) is 5.14. The van der Waals surface area contributed by atoms with E-state index >= 15 is 0 Å². The standard InChI is InChI=1S/C14H20N4O/c1-3-18-11-16-17-14(18)9-15-8-12-6-4-5-7-13(12)10-19-2/h4-7,11,15H,3,8-10H2,1-2H3. The van der Waals surface area contributed by atoms with Gasteiger partial charge in [0, 0.05) is 20.2 Å². The van der Waals surface area contributed by atoms with Crippen LogP contribution < -0.4 is 5.32 Å². The zero-order chi connectivity index (χ0) is 13.5. The molecule has 0 aliphatic carbocycles. The quantitative estimate of drug-likeness (QED) is 0.824. The van der Waals surface area contributed by atoms with Crippen LogP contribution in [0.1, 0.15) is 23.9 Å². The Kier molecular flexibility index (Phi) is 5.06. The number of nitrogens with one attached hydrogen (secondary N) is 1. The second-order valence-electron chi connectivity index (χ2n) is 4.34. The predicted molar refractivity (Wildman–Crippen MR) is 73.4 cm³/mol. The summed E-state index contributed by atoms with van der Waals surface area (Å²) in [5.41, 5.74) is 2.47. The van der Waals surface area contributed by atoms with Crippen molar-refractivity contribution in [2.45, 2.75) is 33.2 Å². The number of rotatable bonds is 7. The van der Waals surface area contributed by atoms with Gasteiger partial charge in [-0.2, -0.15) is 0 Å². The maximum Gasteiger partial charge on any atom is 0.146 e. The Morgan fingerprint density at radius 2 is 2.00 bits per heavy atom. The summed E-state index contributed by atoms with van der Waals surface area (Å²) in [7, 11) is 1.72. The summed E-state index contributed by atoms with van der Waals surface area (Å²) in [6, 6.07) is 8.29. The van der Waals surface area contributed by atoms with E-state index in [0.717, 1.165) is 25.5 Å². The van der Waals surface area contributed by atoms with Crippen LogP contribution in [0.3, 0.4) is 0 Å². The SMILES string of the molecule is CCn1cnnc1CNCc1ccccc1COC. The molecule has 0 saturated heterocycles. The first-order valence-electron chi connectivity index (χ1n) is 6.48. The fourth-order valence-corrected chi connectivity index (χ4v) is 2.02. The number of hydrogen-bond acceptors (Lipinski definition) is 4. The maximum atomic E-state index is 5.20. The molecule has 0 aliphatic heterocycles. The van der Waals surface area contributed by atoms with Crippen LogP contribution in [-0.4, -0.2) is 21.9 Å². The lowest BCUT2D eigenvalue weighted by atomic mass is 10.1. The third-order valence-electron chi connectivity index (χ3n) is 3.05. The lowest BCUT2D eigenvalue weighted by molar-refractivity contribution is 0.184. The minimum atomic E-state index is 0.642. The van der Waals surface area contributed by atoms with Crippen LogP contribution in [0.2, 0.25) is 0 Å². The first kappa shape index (κ1) is 13.7. The largest absolute Gasteiger partial charge is 0.380 e. The van der Waals surface area contributed by atoms with Crippen LogP contribution in [0.25, 0.3) is 0 Å². The van der Waals surface area contributed by atoms with Crippen LogP contribution in [0.4, 0.5) is 0 Å². The smallest absolute Gasteiger partial charge is 0.146 e. The lowest BCUT2D eigenvalue weighted by Gasteiger charge is -2.10. The summed E-state index contributed by atoms with van der Waals surface area (Å²) >= 11 is 0. The normalized spacial score (nSPS) is 10.8. The average molecular weight is 260 g/mol. The van der Waals surface area contributed by atoms with Crippen LogP contribution in [-0.2, 0) is 31.0 Å². The van der Waals surface area contributed by atoms with Gasteiger partial charge in [-0.15, -0.1) is 10.2 Å². The van der Waals surface area contributed by atoms with Crippen molar-refractivity contribution in [1.82, 2.24) is 20.1 Å². The number of methoxy groups -OCH3 is 1. The minimum Gasteiger partial charge on any atom is -0.380 e. The molecule has 0 bridgehead atoms. The number of aromatic nitrogens is 3. The Labute approximate surface area is 113 Å². The van der Waals surface area contributed by atoms with Crippen LogP contribution >= 0.6 is 0 Å². The van der Waals surface area contributed by atoms with Gasteiger partial charge in [-0.05, 0) is 18.1 Å². The number of ether oxygens (including phenoxy) is 1. The van der Waals surface area contributed by atoms with Gasteiger partial charge in [0.05, 0.1) is 13.2 Å². The Balaban J connectivity index is 1.92. The monoisotopic (exact) mass is 260 g/mol. The zero-order valence-electron chi connectivity index (χ0n) is 11.5. The predicted octanol–water partition coefficient (Wildman–Crippen LogP) is 1.73. The van der Waals surface area contributed by atoms with Crippen LogP contribution in [0, 0.1) is 0 Å². The molecule has 0 radical (unpaired) electrons. The van der Waals surface area contributed by atoms with E-state index in [1.54, 1.807) is 13.4 Å². The van der Waals surface area contributed by atoms with E-state index in [9.17, 15) is 0 Å². The molecular formula is C14H20N4O. The van der Waals surface area contributed by atoms with Crippen molar-refractivity contribution in [3.63, 3.8) is 0 Å². The molecule has 2 rings (SSSR count). The summed E-state index contributed by atoms with van der Waals surface area (Å²) in [5.74, 6) is 0.965. The van der Waals surface area contributed by atoms with Gasteiger partial charge in [0.25, 0.3) is 0 Å². The fourth-order valence-electron chi connectivity index (χ4n) is 2.02. The van der Waals surface area contributed by atoms with E-state index in [2.05, 4.69) is 34.6 Å². The molecule has 5 nitrogen and oxygen atoms in total. The van der Waals surface area contributed by atoms with Gasteiger partial charge in [0.1, 0.15) is 12.2 Å². The fraction of sp³-hybridized carbons (Fsp3) is 0.429. The molecule has 1 aromatic heterocycles. The van der Waals surface area contributed by atoms with E-state index in [1.165, 1.54) is 11.1 Å². The molecule has 19 heavy (non-hydrogen) atoms. The molecule has 0 unspecified atom stereocenters. The highest BCUT2D eigenvalue weighted by Crippen LogP contribution is 2.09. The van der Waals surface area contributed by atoms with Crippen molar-refractivity contribution in [2.24, 2.45) is 0 Å². The van der Waals surface area contributed by atoms with E-state index < -0.39 is 0 Å². The second-order valence-corrected chi connectivity index (χ2v) is 4.34. The first-order valence-corrected chi connectivity index (χ1v) is 6.48. The Hall–Kier alpha value is -1.72. The van der Waals surface area contributed by atoms with Gasteiger partial charge >= 0.3 is 0 Å². The third-order valence-corrected chi connectivity index (χ3v) is 3.05. The number of hydrogen-bond donors (Lipinski definition) is 1. The molecule has 5 heteroatoms. The molecule has 2 aromatic rings. The van der Waals surface area contributed by atoms with Gasteiger partial charge in [0.2, 0.25) is 0 Å². The molecule has 1 N–H and O–H groups in total. The maximum absolute atomic E-state index is 5.20. The van der Waals surface area contributed by atoms with Crippen LogP contribution in [0.15, 0.2) is 30.6 Å². The number of benzene rings is 1. The van der Waals surface area contributed by atoms with Gasteiger partial charge in [-0.3, -0.25) is 0 Å². The van der Waals surface area contributed by atoms with Gasteiger partial charge in [0.15, 0.2) is 0 Å². The molecule has 0 atom stereocenters. The van der Waals surface area contributed by atoms with Crippen molar-refractivity contribution >= 4 is 0 Å². The molecule has 0 amide bonds. The molecular weight excluding hydrogens is 240 g/mol. The highest BCUT2D eigenvalue weighted by molar-refractivity contribution is 5.26. The van der Waals surface area contributed by atoms with Crippen molar-refractivity contribution in [3.8, 4) is 0 Å². The molecule has 102 valence electrons. The Morgan fingerprint density at radius 1 is 1.21 bits per heavy atom. The van der Waals surface area contributed by atoms with Crippen molar-refractivity contribution in [2.75, 3.05) is 7.11 Å². The molecule has 0 saturated carbocycles. The van der Waals surface area contributed by atoms with E-state index in [-0.39, 0.29) is 0 Å². The molecule has 0 aliphatic rings. The minimum absolute atomic E-state index is 0.642. The third kappa shape index (κ3) is 3.62. The summed E-state index contributed by atoms with van der Waals surface area (Å²) in [6.07, 6.45) is 1.76. The molecule has 1 heterocycles. The summed E-state index contributed by atoms with van der Waals surface area (Å²) in [5, 5.41) is 11.4. The summed E-state index contributed by atoms with van der Waals surface area (Å²) in [4.78, 5) is 0. The Morgan fingerprint density at radius 3 is 2.74 bits per heavy atom. The van der Waals surface area contributed by atoms with Crippen LogP contribution in [0.5, 0.6) is 0 Å². The highest BCUT2D eigenvalue weighted by Gasteiger charge is 2.04. The Bertz CT molecular complexity index is 510. The average Bonchev–Trinajstić information content (AvgIpc) is 2.88. The molecule has 1 aromatic carbocycles. The second kappa shape index (κ2) is 7.01. The number of nitrogens with zero attached hydrogens (tertiary/aromatic N) is 3. The van der Waals surface area contributed by atoms with Crippen molar-refractivity contribution in [3.05, 3.63) is 47.5 Å².